The number of allylic oxidation sites excluding steroid dienone is 27. The second-order valence-electron chi connectivity index (χ2n) is 14.7. The van der Waals surface area contributed by atoms with E-state index in [1.807, 2.05) is 0 Å². The van der Waals surface area contributed by atoms with Crippen LogP contribution in [0.25, 0.3) is 5.57 Å². The van der Waals surface area contributed by atoms with Gasteiger partial charge in [0.1, 0.15) is 12.4 Å². The molecular formula is C51H45NO. The summed E-state index contributed by atoms with van der Waals surface area (Å²) in [6, 6.07) is 20.1. The van der Waals surface area contributed by atoms with Crippen molar-refractivity contribution in [1.29, 1.82) is 0 Å². The van der Waals surface area contributed by atoms with Gasteiger partial charge in [-0.1, -0.05) is 158 Å². The molecule has 2 bridgehead atoms. The Morgan fingerprint density at radius 1 is 0.679 bits per heavy atom. The summed E-state index contributed by atoms with van der Waals surface area (Å²) in [5.41, 5.74) is 11.6. The van der Waals surface area contributed by atoms with Crippen molar-refractivity contribution >= 4 is 11.3 Å². The fourth-order valence-corrected chi connectivity index (χ4v) is 8.48. The molecule has 0 saturated carbocycles. The lowest BCUT2D eigenvalue weighted by Gasteiger charge is -2.34. The Morgan fingerprint density at radius 3 is 2.47 bits per heavy atom. The maximum Gasteiger partial charge on any atom is 0.119 e. The van der Waals surface area contributed by atoms with Crippen LogP contribution in [0.4, 0.5) is 5.69 Å². The summed E-state index contributed by atoms with van der Waals surface area (Å²) < 4.78 is 6.13. The number of benzene rings is 2. The molecule has 9 rings (SSSR count). The standard InChI is InChI=1S/C51H45NO/c1-2-9-32-53-51-31-25-45-35-44(24-30-49(45)50(51)17-6-1)41-22-28-47(29-23-41)52(48-16-10-15-42(36-48)39-13-4-3-5-14-39)46-26-20-40(21-27-46)43-19-18-37-11-7-8-12-38(33-37)34-43/h1-16,18-20,22-31,33-35,37,40,42,45,49H,17,21,32,36H2/b6-1-,9-2-. The van der Waals surface area contributed by atoms with Gasteiger partial charge >= 0.3 is 0 Å². The first kappa shape index (κ1) is 33.0. The van der Waals surface area contributed by atoms with E-state index in [0.717, 1.165) is 25.0 Å². The molecule has 0 radical (unpaired) electrons. The van der Waals surface area contributed by atoms with Gasteiger partial charge in [0.2, 0.25) is 0 Å². The van der Waals surface area contributed by atoms with E-state index in [0.29, 0.717) is 36.2 Å². The number of anilines is 1. The first-order valence-electron chi connectivity index (χ1n) is 19.2. The monoisotopic (exact) mass is 687 g/mol. The number of nitrogens with zero attached hydrogens (tertiary/aromatic N) is 1. The molecule has 2 nitrogen and oxygen atoms in total. The van der Waals surface area contributed by atoms with Crippen molar-refractivity contribution < 1.29 is 4.74 Å². The van der Waals surface area contributed by atoms with Gasteiger partial charge in [-0.3, -0.25) is 0 Å². The molecule has 2 heteroatoms. The fourth-order valence-electron chi connectivity index (χ4n) is 8.48. The molecule has 260 valence electrons. The average Bonchev–Trinajstić information content (AvgIpc) is 3.51. The SMILES string of the molecule is C1=CC2=CC(C=C1)C=CC(C1C=CC(N(C3=CC=CC(c4ccccc4)C3)c3ccc(C4=CC5C=CC6=C(C/C=C\C=C/CO6)C5C=C4)cc3)=CC1)=C2. The van der Waals surface area contributed by atoms with Crippen LogP contribution >= 0.6 is 0 Å². The summed E-state index contributed by atoms with van der Waals surface area (Å²) in [5.74, 6) is 2.70. The normalized spacial score (nSPS) is 27.9. The van der Waals surface area contributed by atoms with E-state index in [2.05, 4.69) is 199 Å². The van der Waals surface area contributed by atoms with Crippen LogP contribution < -0.4 is 4.90 Å². The Bertz CT molecular complexity index is 2210. The van der Waals surface area contributed by atoms with E-state index < -0.39 is 0 Å². The molecule has 6 aliphatic carbocycles. The lowest BCUT2D eigenvalue weighted by Crippen LogP contribution is -2.24. The van der Waals surface area contributed by atoms with Gasteiger partial charge < -0.3 is 9.64 Å². The van der Waals surface area contributed by atoms with Gasteiger partial charge in [0.05, 0.1) is 0 Å². The molecule has 0 N–H and O–H groups in total. The molecule has 0 fully saturated rings. The Labute approximate surface area is 314 Å². The number of fused-ring (bicyclic) bond motifs is 3. The van der Waals surface area contributed by atoms with Crippen molar-refractivity contribution in [2.75, 3.05) is 11.5 Å². The number of ether oxygens (including phenoxy) is 1. The van der Waals surface area contributed by atoms with Crippen LogP contribution in [-0.2, 0) is 4.74 Å². The zero-order chi connectivity index (χ0) is 35.4. The van der Waals surface area contributed by atoms with Crippen LogP contribution in [0.2, 0.25) is 0 Å². The highest BCUT2D eigenvalue weighted by Crippen LogP contribution is 2.42. The largest absolute Gasteiger partial charge is 0.490 e. The van der Waals surface area contributed by atoms with Crippen molar-refractivity contribution in [3.8, 4) is 0 Å². The van der Waals surface area contributed by atoms with Gasteiger partial charge in [-0.2, -0.15) is 0 Å². The summed E-state index contributed by atoms with van der Waals surface area (Å²) >= 11 is 0. The molecule has 0 amide bonds. The molecule has 7 aliphatic rings. The predicted octanol–water partition coefficient (Wildman–Crippen LogP) is 12.3. The highest BCUT2D eigenvalue weighted by Gasteiger charge is 2.29. The summed E-state index contributed by atoms with van der Waals surface area (Å²) in [6.07, 6.45) is 55.2. The van der Waals surface area contributed by atoms with Crippen molar-refractivity contribution in [3.63, 3.8) is 0 Å². The molecule has 5 atom stereocenters. The second-order valence-corrected chi connectivity index (χ2v) is 14.7. The van der Waals surface area contributed by atoms with Crippen LogP contribution in [0, 0.1) is 23.7 Å². The van der Waals surface area contributed by atoms with E-state index in [4.69, 9.17) is 4.74 Å². The number of rotatable bonds is 6. The molecular weight excluding hydrogens is 643 g/mol. The van der Waals surface area contributed by atoms with Crippen LogP contribution in [0.1, 0.15) is 36.3 Å². The van der Waals surface area contributed by atoms with E-state index in [9.17, 15) is 0 Å². The van der Waals surface area contributed by atoms with Crippen molar-refractivity contribution in [1.82, 2.24) is 0 Å². The van der Waals surface area contributed by atoms with Crippen molar-refractivity contribution in [2.45, 2.75) is 25.2 Å². The average molecular weight is 688 g/mol. The molecule has 53 heavy (non-hydrogen) atoms. The van der Waals surface area contributed by atoms with Gasteiger partial charge in [0.15, 0.2) is 0 Å². The topological polar surface area (TPSA) is 12.5 Å². The van der Waals surface area contributed by atoms with E-state index in [1.54, 1.807) is 0 Å². The molecule has 5 unspecified atom stereocenters. The first-order chi connectivity index (χ1) is 26.2. The lowest BCUT2D eigenvalue weighted by atomic mass is 9.75. The Morgan fingerprint density at radius 2 is 1.58 bits per heavy atom. The van der Waals surface area contributed by atoms with Crippen LogP contribution in [-0.4, -0.2) is 6.61 Å². The van der Waals surface area contributed by atoms with Crippen molar-refractivity contribution in [3.05, 3.63) is 239 Å². The third-order valence-electron chi connectivity index (χ3n) is 11.3. The minimum absolute atomic E-state index is 0.321. The maximum absolute atomic E-state index is 6.13. The fraction of sp³-hybridized carbons (Fsp3) is 0.176. The molecule has 1 heterocycles. The van der Waals surface area contributed by atoms with Crippen LogP contribution in [0.5, 0.6) is 0 Å². The van der Waals surface area contributed by atoms with Gasteiger partial charge in [-0.25, -0.2) is 0 Å². The molecule has 0 spiro atoms. The van der Waals surface area contributed by atoms with E-state index in [1.165, 1.54) is 50.5 Å². The Hall–Kier alpha value is -5.86. The van der Waals surface area contributed by atoms with Gasteiger partial charge in [-0.15, -0.1) is 0 Å². The minimum atomic E-state index is 0.321. The van der Waals surface area contributed by atoms with E-state index >= 15 is 0 Å². The lowest BCUT2D eigenvalue weighted by molar-refractivity contribution is 0.250. The first-order valence-corrected chi connectivity index (χ1v) is 19.2. The van der Waals surface area contributed by atoms with Gasteiger partial charge in [0.25, 0.3) is 0 Å². The summed E-state index contributed by atoms with van der Waals surface area (Å²) in [6.45, 7) is 0.608. The van der Waals surface area contributed by atoms with Gasteiger partial charge in [-0.05, 0) is 89.1 Å². The smallest absolute Gasteiger partial charge is 0.119 e. The molecule has 2 aromatic rings. The Kier molecular flexibility index (Phi) is 9.35. The third-order valence-corrected chi connectivity index (χ3v) is 11.3. The molecule has 0 saturated heterocycles. The minimum Gasteiger partial charge on any atom is -0.490 e. The molecule has 2 aromatic carbocycles. The second kappa shape index (κ2) is 15.0. The summed E-state index contributed by atoms with van der Waals surface area (Å²) in [5, 5.41) is 0. The highest BCUT2D eigenvalue weighted by atomic mass is 16.5. The highest BCUT2D eigenvalue weighted by molar-refractivity contribution is 5.78. The van der Waals surface area contributed by atoms with Crippen LogP contribution in [0.15, 0.2) is 228 Å². The zero-order valence-corrected chi connectivity index (χ0v) is 30.0. The Balaban J connectivity index is 0.984. The summed E-state index contributed by atoms with van der Waals surface area (Å²) in [4.78, 5) is 2.49. The number of hydrogen-bond acceptors (Lipinski definition) is 2. The zero-order valence-electron chi connectivity index (χ0n) is 30.0. The predicted molar refractivity (Wildman–Crippen MR) is 221 cm³/mol. The van der Waals surface area contributed by atoms with Gasteiger partial charge in [0, 0.05) is 46.7 Å². The van der Waals surface area contributed by atoms with Crippen LogP contribution in [0.3, 0.4) is 0 Å². The third kappa shape index (κ3) is 7.15. The van der Waals surface area contributed by atoms with Crippen molar-refractivity contribution in [2.24, 2.45) is 23.7 Å². The maximum atomic E-state index is 6.13. The van der Waals surface area contributed by atoms with E-state index in [-0.39, 0.29) is 0 Å². The molecule has 0 aromatic heterocycles. The summed E-state index contributed by atoms with van der Waals surface area (Å²) in [7, 11) is 0. The number of hydrogen-bond donors (Lipinski definition) is 0. The quantitative estimate of drug-likeness (QED) is 0.300. The molecule has 1 aliphatic heterocycles.